The minimum Gasteiger partial charge on any atom is -0.368 e. The number of carbonyl (C=O) groups is 2. The summed E-state index contributed by atoms with van der Waals surface area (Å²) in [4.78, 5) is 28.9. The van der Waals surface area contributed by atoms with Crippen LogP contribution in [0.3, 0.4) is 0 Å². The predicted molar refractivity (Wildman–Crippen MR) is 118 cm³/mol. The fourth-order valence-electron chi connectivity index (χ4n) is 3.54. The van der Waals surface area contributed by atoms with E-state index in [1.54, 1.807) is 0 Å². The molecule has 5 nitrogen and oxygen atoms in total. The molecule has 1 fully saturated rings. The Morgan fingerprint density at radius 1 is 0.931 bits per heavy atom. The molecule has 2 aromatic carbocycles. The standard InChI is InChI=1S/C24H31N3O2/c1-4-19-5-7-20(8-6-19)24(29)25-21-9-11-22(12-10-21)26-13-15-27(16-14-26)23(28)17-18(2)3/h5-12,18H,4,13-17H2,1-3H3,(H,25,29). The quantitative estimate of drug-likeness (QED) is 0.800. The van der Waals surface area contributed by atoms with Gasteiger partial charge in [-0.1, -0.05) is 32.9 Å². The number of anilines is 2. The summed E-state index contributed by atoms with van der Waals surface area (Å²) in [6.45, 7) is 9.44. The van der Waals surface area contributed by atoms with Crippen LogP contribution in [0.15, 0.2) is 48.5 Å². The van der Waals surface area contributed by atoms with Gasteiger partial charge in [-0.2, -0.15) is 0 Å². The first kappa shape index (κ1) is 20.9. The van der Waals surface area contributed by atoms with Crippen molar-refractivity contribution in [1.29, 1.82) is 0 Å². The van der Waals surface area contributed by atoms with Gasteiger partial charge in [-0.25, -0.2) is 0 Å². The van der Waals surface area contributed by atoms with Crippen molar-refractivity contribution in [1.82, 2.24) is 4.90 Å². The monoisotopic (exact) mass is 393 g/mol. The molecular weight excluding hydrogens is 362 g/mol. The fourth-order valence-corrected chi connectivity index (χ4v) is 3.54. The Morgan fingerprint density at radius 3 is 2.10 bits per heavy atom. The van der Waals surface area contributed by atoms with Gasteiger partial charge in [0.05, 0.1) is 0 Å². The van der Waals surface area contributed by atoms with Gasteiger partial charge in [0.1, 0.15) is 0 Å². The van der Waals surface area contributed by atoms with E-state index >= 15 is 0 Å². The molecule has 5 heteroatoms. The van der Waals surface area contributed by atoms with E-state index in [2.05, 4.69) is 31.0 Å². The molecule has 0 atom stereocenters. The van der Waals surface area contributed by atoms with E-state index in [1.807, 2.05) is 53.4 Å². The first-order valence-electron chi connectivity index (χ1n) is 10.5. The molecule has 1 heterocycles. The second-order valence-electron chi connectivity index (χ2n) is 8.02. The van der Waals surface area contributed by atoms with Crippen molar-refractivity contribution >= 4 is 23.2 Å². The Balaban J connectivity index is 1.53. The number of piperazine rings is 1. The third kappa shape index (κ3) is 5.59. The average Bonchev–Trinajstić information content (AvgIpc) is 2.74. The summed E-state index contributed by atoms with van der Waals surface area (Å²) in [6.07, 6.45) is 1.58. The molecular formula is C24H31N3O2. The number of carbonyl (C=O) groups excluding carboxylic acids is 2. The maximum atomic E-state index is 12.4. The zero-order valence-corrected chi connectivity index (χ0v) is 17.6. The molecule has 1 N–H and O–H groups in total. The van der Waals surface area contributed by atoms with Crippen molar-refractivity contribution in [3.63, 3.8) is 0 Å². The summed E-state index contributed by atoms with van der Waals surface area (Å²) in [6, 6.07) is 15.6. The number of nitrogens with zero attached hydrogens (tertiary/aromatic N) is 2. The van der Waals surface area contributed by atoms with Crippen LogP contribution in [0.1, 0.15) is 43.1 Å². The molecule has 3 rings (SSSR count). The van der Waals surface area contributed by atoms with Gasteiger partial charge in [0, 0.05) is 49.5 Å². The van der Waals surface area contributed by atoms with Crippen LogP contribution in [0.2, 0.25) is 0 Å². The number of amides is 2. The average molecular weight is 394 g/mol. The highest BCUT2D eigenvalue weighted by Crippen LogP contribution is 2.20. The number of rotatable bonds is 6. The maximum absolute atomic E-state index is 12.4. The summed E-state index contributed by atoms with van der Waals surface area (Å²) in [7, 11) is 0. The van der Waals surface area contributed by atoms with Gasteiger partial charge in [-0.05, 0) is 54.3 Å². The van der Waals surface area contributed by atoms with Gasteiger partial charge in [-0.3, -0.25) is 9.59 Å². The molecule has 0 unspecified atom stereocenters. The van der Waals surface area contributed by atoms with Crippen LogP contribution in [0, 0.1) is 5.92 Å². The van der Waals surface area contributed by atoms with Crippen molar-refractivity contribution in [3.8, 4) is 0 Å². The molecule has 1 aliphatic heterocycles. The Hall–Kier alpha value is -2.82. The lowest BCUT2D eigenvalue weighted by Gasteiger charge is -2.36. The predicted octanol–water partition coefficient (Wildman–Crippen LogP) is 4.20. The molecule has 2 aromatic rings. The van der Waals surface area contributed by atoms with Gasteiger partial charge < -0.3 is 15.1 Å². The minimum absolute atomic E-state index is 0.0994. The van der Waals surface area contributed by atoms with Crippen molar-refractivity contribution in [2.24, 2.45) is 5.92 Å². The minimum atomic E-state index is -0.0994. The van der Waals surface area contributed by atoms with Gasteiger partial charge in [0.25, 0.3) is 5.91 Å². The van der Waals surface area contributed by atoms with Crippen molar-refractivity contribution in [2.75, 3.05) is 36.4 Å². The number of nitrogens with one attached hydrogen (secondary N) is 1. The molecule has 0 aliphatic carbocycles. The molecule has 154 valence electrons. The van der Waals surface area contributed by atoms with Crippen LogP contribution in [-0.2, 0) is 11.2 Å². The summed E-state index contributed by atoms with van der Waals surface area (Å²) in [5.74, 6) is 0.551. The number of aryl methyl sites for hydroxylation is 1. The highest BCUT2D eigenvalue weighted by atomic mass is 16.2. The molecule has 0 aromatic heterocycles. The Morgan fingerprint density at radius 2 is 1.55 bits per heavy atom. The second-order valence-corrected chi connectivity index (χ2v) is 8.02. The summed E-state index contributed by atoms with van der Waals surface area (Å²) < 4.78 is 0. The largest absolute Gasteiger partial charge is 0.368 e. The van der Waals surface area contributed by atoms with E-state index in [-0.39, 0.29) is 11.8 Å². The highest BCUT2D eigenvalue weighted by molar-refractivity contribution is 6.04. The van der Waals surface area contributed by atoms with Crippen molar-refractivity contribution < 1.29 is 9.59 Å². The molecule has 0 spiro atoms. The van der Waals surface area contributed by atoms with Crippen LogP contribution >= 0.6 is 0 Å². The maximum Gasteiger partial charge on any atom is 0.255 e. The molecule has 0 radical (unpaired) electrons. The second kappa shape index (κ2) is 9.59. The lowest BCUT2D eigenvalue weighted by Crippen LogP contribution is -2.49. The SMILES string of the molecule is CCc1ccc(C(=O)Nc2ccc(N3CCN(C(=O)CC(C)C)CC3)cc2)cc1. The first-order chi connectivity index (χ1) is 14.0. The smallest absolute Gasteiger partial charge is 0.255 e. The summed E-state index contributed by atoms with van der Waals surface area (Å²) >= 11 is 0. The van der Waals surface area contributed by atoms with Crippen LogP contribution in [-0.4, -0.2) is 42.9 Å². The topological polar surface area (TPSA) is 52.7 Å². The molecule has 1 aliphatic rings. The van der Waals surface area contributed by atoms with Crippen LogP contribution in [0.25, 0.3) is 0 Å². The zero-order valence-electron chi connectivity index (χ0n) is 17.6. The number of hydrogen-bond acceptors (Lipinski definition) is 3. The molecule has 0 saturated carbocycles. The first-order valence-corrected chi connectivity index (χ1v) is 10.5. The summed E-state index contributed by atoms with van der Waals surface area (Å²) in [5, 5.41) is 2.96. The third-order valence-electron chi connectivity index (χ3n) is 5.33. The third-order valence-corrected chi connectivity index (χ3v) is 5.33. The normalized spacial score (nSPS) is 14.2. The van der Waals surface area contributed by atoms with Crippen molar-refractivity contribution in [2.45, 2.75) is 33.6 Å². The number of hydrogen-bond donors (Lipinski definition) is 1. The van der Waals surface area contributed by atoms with E-state index in [9.17, 15) is 9.59 Å². The Labute approximate surface area is 173 Å². The molecule has 1 saturated heterocycles. The summed E-state index contributed by atoms with van der Waals surface area (Å²) in [5.41, 5.74) is 3.78. The van der Waals surface area contributed by atoms with E-state index in [0.29, 0.717) is 17.9 Å². The van der Waals surface area contributed by atoms with Gasteiger partial charge in [0.15, 0.2) is 0 Å². The van der Waals surface area contributed by atoms with E-state index in [4.69, 9.17) is 0 Å². The van der Waals surface area contributed by atoms with E-state index in [0.717, 1.165) is 44.0 Å². The fraction of sp³-hybridized carbons (Fsp3) is 0.417. The van der Waals surface area contributed by atoms with Gasteiger partial charge in [0.2, 0.25) is 5.91 Å². The van der Waals surface area contributed by atoms with Crippen LogP contribution < -0.4 is 10.2 Å². The van der Waals surface area contributed by atoms with Crippen LogP contribution in [0.4, 0.5) is 11.4 Å². The highest BCUT2D eigenvalue weighted by Gasteiger charge is 2.21. The van der Waals surface area contributed by atoms with Crippen LogP contribution in [0.5, 0.6) is 0 Å². The van der Waals surface area contributed by atoms with Crippen molar-refractivity contribution in [3.05, 3.63) is 59.7 Å². The lowest BCUT2D eigenvalue weighted by atomic mass is 10.1. The lowest BCUT2D eigenvalue weighted by molar-refractivity contribution is -0.132. The van der Waals surface area contributed by atoms with Gasteiger partial charge >= 0.3 is 0 Å². The van der Waals surface area contributed by atoms with Gasteiger partial charge in [-0.15, -0.1) is 0 Å². The Bertz CT molecular complexity index is 820. The zero-order chi connectivity index (χ0) is 20.8. The number of benzene rings is 2. The molecule has 2 amide bonds. The van der Waals surface area contributed by atoms with E-state index < -0.39 is 0 Å². The van der Waals surface area contributed by atoms with E-state index in [1.165, 1.54) is 5.56 Å². The Kier molecular flexibility index (Phi) is 6.91. The molecule has 29 heavy (non-hydrogen) atoms. The molecule has 0 bridgehead atoms.